The van der Waals surface area contributed by atoms with Gasteiger partial charge in [-0.15, -0.1) is 0 Å². The number of hydrogen-bond donors (Lipinski definition) is 6. The van der Waals surface area contributed by atoms with Crippen molar-refractivity contribution in [2.45, 2.75) is 50.9 Å². The Balaban J connectivity index is 1.62. The molecule has 216 valence electrons. The minimum atomic E-state index is -2.66. The van der Waals surface area contributed by atoms with Gasteiger partial charge >= 0.3 is 0 Å². The molecule has 1 unspecified atom stereocenters. The van der Waals surface area contributed by atoms with Gasteiger partial charge in [0.15, 0.2) is 11.4 Å². The number of aromatic hydroxyl groups is 1. The summed E-state index contributed by atoms with van der Waals surface area (Å²) in [6.45, 7) is 4.84. The van der Waals surface area contributed by atoms with E-state index < -0.39 is 58.0 Å². The standard InChI is InChI=1S/C31H35N3O7/c1-14(2)33-13-15-5-7-16(8-6-15)18-9-10-21(35)23-19(18)11-17-12-20-25(34(3)4)27(37)24(30(32)40)29(39)31(20,41)28(38)22(17)26(23)36/h5-10,14,17,20,25,33,35,37-38,41H,11-13H2,1-4H3,(H2,32,40)/t17-,20-,25?,31-/m0/s1. The van der Waals surface area contributed by atoms with E-state index in [0.29, 0.717) is 18.2 Å². The fraction of sp³-hybridized carbons (Fsp3) is 0.387. The Morgan fingerprint density at radius 3 is 2.34 bits per heavy atom. The Kier molecular flexibility index (Phi) is 7.05. The van der Waals surface area contributed by atoms with Gasteiger partial charge in [0, 0.05) is 24.1 Å². The van der Waals surface area contributed by atoms with Crippen molar-refractivity contribution >= 4 is 17.5 Å². The number of phenols is 1. The molecule has 3 aliphatic carbocycles. The van der Waals surface area contributed by atoms with E-state index in [1.54, 1.807) is 20.2 Å². The predicted octanol–water partition coefficient (Wildman–Crippen LogP) is 2.29. The third-order valence-electron chi connectivity index (χ3n) is 8.59. The molecule has 4 atom stereocenters. The number of carbonyl (C=O) groups excluding carboxylic acids is 3. The zero-order valence-corrected chi connectivity index (χ0v) is 23.4. The lowest BCUT2D eigenvalue weighted by Crippen LogP contribution is -2.63. The molecule has 0 fully saturated rings. The van der Waals surface area contributed by atoms with Crippen LogP contribution in [0.25, 0.3) is 11.1 Å². The minimum Gasteiger partial charge on any atom is -0.510 e. The number of nitrogens with one attached hydrogen (secondary N) is 1. The van der Waals surface area contributed by atoms with Crippen LogP contribution in [0.15, 0.2) is 59.1 Å². The summed E-state index contributed by atoms with van der Waals surface area (Å²) in [6, 6.07) is 10.4. The summed E-state index contributed by atoms with van der Waals surface area (Å²) in [5.74, 6) is -6.64. The Labute approximate surface area is 237 Å². The molecule has 0 heterocycles. The van der Waals surface area contributed by atoms with E-state index >= 15 is 0 Å². The van der Waals surface area contributed by atoms with Crippen LogP contribution >= 0.6 is 0 Å². The van der Waals surface area contributed by atoms with Crippen molar-refractivity contribution in [2.75, 3.05) is 14.1 Å². The number of aliphatic hydroxyl groups is 3. The van der Waals surface area contributed by atoms with E-state index in [-0.39, 0.29) is 29.7 Å². The molecule has 5 rings (SSSR count). The van der Waals surface area contributed by atoms with Gasteiger partial charge in [-0.05, 0) is 61.2 Å². The van der Waals surface area contributed by atoms with Gasteiger partial charge in [-0.25, -0.2) is 0 Å². The van der Waals surface area contributed by atoms with Crippen LogP contribution in [-0.2, 0) is 22.6 Å². The Bertz CT molecular complexity index is 1520. The zero-order valence-electron chi connectivity index (χ0n) is 23.4. The molecule has 0 spiro atoms. The van der Waals surface area contributed by atoms with E-state index in [1.165, 1.54) is 11.0 Å². The van der Waals surface area contributed by atoms with Crippen LogP contribution in [0.4, 0.5) is 0 Å². The predicted molar refractivity (Wildman–Crippen MR) is 151 cm³/mol. The largest absolute Gasteiger partial charge is 0.510 e. The van der Waals surface area contributed by atoms with Crippen LogP contribution in [0.3, 0.4) is 0 Å². The van der Waals surface area contributed by atoms with Gasteiger partial charge in [0.2, 0.25) is 5.78 Å². The van der Waals surface area contributed by atoms with Gasteiger partial charge in [0.05, 0.1) is 11.6 Å². The third kappa shape index (κ3) is 4.34. The summed E-state index contributed by atoms with van der Waals surface area (Å²) in [5.41, 5.74) is 5.00. The number of ketones is 2. The first-order valence-electron chi connectivity index (χ1n) is 13.6. The van der Waals surface area contributed by atoms with E-state index in [9.17, 15) is 34.8 Å². The van der Waals surface area contributed by atoms with E-state index in [4.69, 9.17) is 5.73 Å². The molecule has 41 heavy (non-hydrogen) atoms. The lowest BCUT2D eigenvalue weighted by atomic mass is 9.58. The third-order valence-corrected chi connectivity index (χ3v) is 8.59. The van der Waals surface area contributed by atoms with Crippen LogP contribution in [0, 0.1) is 11.8 Å². The monoisotopic (exact) mass is 561 g/mol. The molecule has 10 nitrogen and oxygen atoms in total. The number of primary amides is 1. The Morgan fingerprint density at radius 2 is 1.76 bits per heavy atom. The number of likely N-dealkylation sites (N-methyl/N-ethyl adjacent to an activating group) is 1. The van der Waals surface area contributed by atoms with Crippen molar-refractivity contribution in [3.63, 3.8) is 0 Å². The minimum absolute atomic E-state index is 0.00571. The number of phenolic OH excluding ortho intramolecular Hbond substituents is 1. The zero-order chi connectivity index (χ0) is 30.0. The molecule has 1 amide bonds. The molecule has 0 aromatic heterocycles. The molecule has 10 heteroatoms. The number of allylic oxidation sites excluding steroid dienone is 1. The number of hydrogen-bond acceptors (Lipinski definition) is 9. The first-order valence-corrected chi connectivity index (χ1v) is 13.6. The summed E-state index contributed by atoms with van der Waals surface area (Å²) in [5, 5.41) is 48.2. The number of carbonyl (C=O) groups is 3. The van der Waals surface area contributed by atoms with Crippen molar-refractivity contribution in [2.24, 2.45) is 17.6 Å². The molecule has 7 N–H and O–H groups in total. The molecule has 2 aromatic rings. The fourth-order valence-corrected chi connectivity index (χ4v) is 6.65. The lowest BCUT2D eigenvalue weighted by Gasteiger charge is -2.50. The molecule has 3 aliphatic rings. The molecule has 0 aliphatic heterocycles. The smallest absolute Gasteiger partial charge is 0.255 e. The number of nitrogens with two attached hydrogens (primary N) is 1. The van der Waals surface area contributed by atoms with Gasteiger partial charge in [0.1, 0.15) is 22.8 Å². The van der Waals surface area contributed by atoms with Gasteiger partial charge in [-0.3, -0.25) is 19.3 Å². The van der Waals surface area contributed by atoms with E-state index in [2.05, 4.69) is 19.2 Å². The lowest BCUT2D eigenvalue weighted by molar-refractivity contribution is -0.148. The molecular formula is C31H35N3O7. The van der Waals surface area contributed by atoms with Crippen LogP contribution in [-0.4, -0.2) is 74.6 Å². The number of aliphatic hydroxyl groups excluding tert-OH is 2. The summed E-state index contributed by atoms with van der Waals surface area (Å²) in [6.07, 6.45) is 0.273. The number of benzene rings is 2. The number of fused-ring (bicyclic) bond motifs is 3. The van der Waals surface area contributed by atoms with Crippen LogP contribution < -0.4 is 11.1 Å². The van der Waals surface area contributed by atoms with E-state index in [1.807, 2.05) is 24.3 Å². The second-order valence-corrected chi connectivity index (χ2v) is 11.7. The normalized spacial score (nSPS) is 25.9. The van der Waals surface area contributed by atoms with E-state index in [0.717, 1.165) is 16.7 Å². The highest BCUT2D eigenvalue weighted by Crippen LogP contribution is 2.53. The molecule has 2 aromatic carbocycles. The average molecular weight is 562 g/mol. The second kappa shape index (κ2) is 10.1. The van der Waals surface area contributed by atoms with Gasteiger partial charge in [0.25, 0.3) is 5.91 Å². The highest BCUT2D eigenvalue weighted by Gasteiger charge is 2.63. The molecule has 0 saturated carbocycles. The molecule has 0 radical (unpaired) electrons. The fourth-order valence-electron chi connectivity index (χ4n) is 6.65. The van der Waals surface area contributed by atoms with Crippen molar-refractivity contribution < 1.29 is 34.8 Å². The summed E-state index contributed by atoms with van der Waals surface area (Å²) < 4.78 is 0. The van der Waals surface area contributed by atoms with Crippen molar-refractivity contribution in [3.05, 3.63) is 75.8 Å². The SMILES string of the molecule is CC(C)NCc1ccc(-c2ccc(O)c3c2C[C@H]2C[C@H]4C(N(C)C)C(O)=C(C(N)=O)C(=O)[C@@]4(O)C(O)=C2C3=O)cc1. The van der Waals surface area contributed by atoms with Crippen molar-refractivity contribution in [3.8, 4) is 16.9 Å². The Morgan fingerprint density at radius 1 is 1.10 bits per heavy atom. The number of rotatable bonds is 6. The number of amides is 1. The number of nitrogens with zero attached hydrogens (tertiary/aromatic N) is 1. The van der Waals surface area contributed by atoms with Gasteiger partial charge in [-0.2, -0.15) is 0 Å². The highest BCUT2D eigenvalue weighted by molar-refractivity contribution is 6.24. The first kappa shape index (κ1) is 28.5. The first-order chi connectivity index (χ1) is 19.3. The average Bonchev–Trinajstić information content (AvgIpc) is 2.89. The maximum Gasteiger partial charge on any atom is 0.255 e. The molecule has 0 saturated heterocycles. The van der Waals surface area contributed by atoms with Gasteiger partial charge < -0.3 is 31.5 Å². The second-order valence-electron chi connectivity index (χ2n) is 11.7. The number of Topliss-reactive ketones (excluding diaryl/α,β-unsaturated/α-hetero) is 2. The maximum atomic E-state index is 13.9. The quantitative estimate of drug-likeness (QED) is 0.289. The summed E-state index contributed by atoms with van der Waals surface area (Å²) in [7, 11) is 3.20. The summed E-state index contributed by atoms with van der Waals surface area (Å²) >= 11 is 0. The van der Waals surface area contributed by atoms with Gasteiger partial charge in [-0.1, -0.05) is 44.2 Å². The molecular weight excluding hydrogens is 526 g/mol. The van der Waals surface area contributed by atoms with Crippen molar-refractivity contribution in [1.29, 1.82) is 0 Å². The Hall–Kier alpha value is -3.99. The van der Waals surface area contributed by atoms with Crippen LogP contribution in [0.2, 0.25) is 0 Å². The maximum absolute atomic E-state index is 13.9. The highest BCUT2D eigenvalue weighted by atomic mass is 16.3. The van der Waals surface area contributed by atoms with Crippen LogP contribution in [0.5, 0.6) is 5.75 Å². The molecule has 0 bridgehead atoms. The topological polar surface area (TPSA) is 173 Å². The van der Waals surface area contributed by atoms with Crippen molar-refractivity contribution in [1.82, 2.24) is 10.2 Å². The summed E-state index contributed by atoms with van der Waals surface area (Å²) in [4.78, 5) is 41.0. The van der Waals surface area contributed by atoms with Crippen LogP contribution in [0.1, 0.15) is 41.8 Å².